The van der Waals surface area contributed by atoms with Crippen molar-refractivity contribution in [2.75, 3.05) is 11.9 Å². The fourth-order valence-electron chi connectivity index (χ4n) is 1.96. The first-order valence-corrected chi connectivity index (χ1v) is 6.87. The summed E-state index contributed by atoms with van der Waals surface area (Å²) in [4.78, 5) is 12.2. The second-order valence-corrected chi connectivity index (χ2v) is 5.13. The van der Waals surface area contributed by atoms with Crippen LogP contribution in [0.4, 0.5) is 5.69 Å². The lowest BCUT2D eigenvalue weighted by Crippen LogP contribution is -2.16. The van der Waals surface area contributed by atoms with Gasteiger partial charge in [0.15, 0.2) is 5.69 Å². The van der Waals surface area contributed by atoms with Gasteiger partial charge in [-0.25, -0.2) is 4.68 Å². The molecule has 7 heteroatoms. The number of benzene rings is 1. The standard InChI is InChI=1S/C13H11Cl2N3O2/c14-8-3-1-4-9(12(8)15)16-13(19)10-7-11-18(17-10)5-2-6-20-11/h1,3-4,7H,2,5-6H2,(H,16,19). The van der Waals surface area contributed by atoms with E-state index in [9.17, 15) is 4.79 Å². The van der Waals surface area contributed by atoms with Crippen molar-refractivity contribution in [3.8, 4) is 5.88 Å². The highest BCUT2D eigenvalue weighted by Crippen LogP contribution is 2.30. The Hall–Kier alpha value is -1.72. The van der Waals surface area contributed by atoms with Gasteiger partial charge in [-0.05, 0) is 12.1 Å². The van der Waals surface area contributed by atoms with E-state index in [1.54, 1.807) is 28.9 Å². The summed E-state index contributed by atoms with van der Waals surface area (Å²) in [5.74, 6) is 0.262. The van der Waals surface area contributed by atoms with Crippen LogP contribution in [0.25, 0.3) is 0 Å². The summed E-state index contributed by atoms with van der Waals surface area (Å²) in [6, 6.07) is 6.67. The smallest absolute Gasteiger partial charge is 0.276 e. The number of aryl methyl sites for hydroxylation is 1. The van der Waals surface area contributed by atoms with Gasteiger partial charge in [0, 0.05) is 19.0 Å². The van der Waals surface area contributed by atoms with Gasteiger partial charge < -0.3 is 10.1 Å². The molecule has 0 spiro atoms. The molecule has 104 valence electrons. The molecule has 2 heterocycles. The topological polar surface area (TPSA) is 56.2 Å². The highest BCUT2D eigenvalue weighted by atomic mass is 35.5. The molecule has 1 aliphatic rings. The van der Waals surface area contributed by atoms with Crippen LogP contribution in [-0.4, -0.2) is 22.3 Å². The van der Waals surface area contributed by atoms with Gasteiger partial charge in [0.05, 0.1) is 22.3 Å². The van der Waals surface area contributed by atoms with Gasteiger partial charge in [-0.1, -0.05) is 29.3 Å². The van der Waals surface area contributed by atoms with Crippen LogP contribution in [0, 0.1) is 0 Å². The SMILES string of the molecule is O=C(Nc1cccc(Cl)c1Cl)c1cc2n(n1)CCCO2. The summed E-state index contributed by atoms with van der Waals surface area (Å²) in [6.45, 7) is 1.40. The lowest BCUT2D eigenvalue weighted by Gasteiger charge is -2.13. The van der Waals surface area contributed by atoms with Crippen LogP contribution in [0.3, 0.4) is 0 Å². The van der Waals surface area contributed by atoms with Crippen LogP contribution in [0.2, 0.25) is 10.0 Å². The molecule has 1 N–H and O–H groups in total. The Labute approximate surface area is 125 Å². The molecule has 0 bridgehead atoms. The van der Waals surface area contributed by atoms with Crippen molar-refractivity contribution in [1.82, 2.24) is 9.78 Å². The maximum absolute atomic E-state index is 12.2. The summed E-state index contributed by atoms with van der Waals surface area (Å²) >= 11 is 11.9. The van der Waals surface area contributed by atoms with Crippen molar-refractivity contribution >= 4 is 34.8 Å². The van der Waals surface area contributed by atoms with Gasteiger partial charge in [-0.15, -0.1) is 0 Å². The van der Waals surface area contributed by atoms with Crippen molar-refractivity contribution in [3.63, 3.8) is 0 Å². The van der Waals surface area contributed by atoms with Gasteiger partial charge in [-0.3, -0.25) is 4.79 Å². The first kappa shape index (κ1) is 13.3. The molecule has 5 nitrogen and oxygen atoms in total. The molecular weight excluding hydrogens is 301 g/mol. The van der Waals surface area contributed by atoms with Gasteiger partial charge in [0.1, 0.15) is 0 Å². The molecule has 1 amide bonds. The third-order valence-corrected chi connectivity index (χ3v) is 3.76. The van der Waals surface area contributed by atoms with Crippen LogP contribution < -0.4 is 10.1 Å². The molecule has 0 aliphatic carbocycles. The zero-order valence-electron chi connectivity index (χ0n) is 10.4. The number of anilines is 1. The largest absolute Gasteiger partial charge is 0.478 e. The Kier molecular flexibility index (Phi) is 3.54. The van der Waals surface area contributed by atoms with E-state index in [0.29, 0.717) is 28.2 Å². The van der Waals surface area contributed by atoms with Crippen molar-refractivity contribution in [1.29, 1.82) is 0 Å². The lowest BCUT2D eigenvalue weighted by molar-refractivity contribution is 0.102. The summed E-state index contributed by atoms with van der Waals surface area (Å²) < 4.78 is 7.10. The number of carbonyl (C=O) groups is 1. The highest BCUT2D eigenvalue weighted by Gasteiger charge is 2.18. The average Bonchev–Trinajstić information content (AvgIpc) is 2.88. The number of fused-ring (bicyclic) bond motifs is 1. The van der Waals surface area contributed by atoms with Gasteiger partial charge >= 0.3 is 0 Å². The molecule has 2 aromatic rings. The minimum atomic E-state index is -0.348. The van der Waals surface area contributed by atoms with Crippen LogP contribution in [-0.2, 0) is 6.54 Å². The molecule has 0 unspecified atom stereocenters. The third-order valence-electron chi connectivity index (χ3n) is 2.94. The van der Waals surface area contributed by atoms with E-state index in [1.807, 2.05) is 0 Å². The fraction of sp³-hybridized carbons (Fsp3) is 0.231. The van der Waals surface area contributed by atoms with Gasteiger partial charge in [0.25, 0.3) is 5.91 Å². The number of carbonyl (C=O) groups excluding carboxylic acids is 1. The first-order chi connectivity index (χ1) is 9.65. The summed E-state index contributed by atoms with van der Waals surface area (Å²) in [5, 5.41) is 7.59. The Bertz CT molecular complexity index is 646. The van der Waals surface area contributed by atoms with Crippen LogP contribution in [0.1, 0.15) is 16.9 Å². The number of nitrogens with one attached hydrogen (secondary N) is 1. The summed E-state index contributed by atoms with van der Waals surface area (Å²) in [5.41, 5.74) is 0.744. The number of hydrogen-bond acceptors (Lipinski definition) is 3. The quantitative estimate of drug-likeness (QED) is 0.926. The van der Waals surface area contributed by atoms with Gasteiger partial charge in [-0.2, -0.15) is 5.10 Å². The van der Waals surface area contributed by atoms with E-state index >= 15 is 0 Å². The van der Waals surface area contributed by atoms with E-state index in [1.165, 1.54) is 0 Å². The molecule has 0 saturated carbocycles. The Balaban J connectivity index is 1.82. The monoisotopic (exact) mass is 311 g/mol. The zero-order valence-corrected chi connectivity index (χ0v) is 11.9. The predicted octanol–water partition coefficient (Wildman–Crippen LogP) is 3.22. The number of halogens is 2. The molecule has 0 fully saturated rings. The molecule has 0 radical (unpaired) electrons. The maximum Gasteiger partial charge on any atom is 0.276 e. The van der Waals surface area contributed by atoms with Crippen molar-refractivity contribution in [2.45, 2.75) is 13.0 Å². The average molecular weight is 312 g/mol. The fourth-order valence-corrected chi connectivity index (χ4v) is 2.31. The molecule has 0 saturated heterocycles. The Morgan fingerprint density at radius 3 is 3.05 bits per heavy atom. The molecule has 1 aromatic carbocycles. The van der Waals surface area contributed by atoms with Crippen LogP contribution in [0.5, 0.6) is 5.88 Å². The van der Waals surface area contributed by atoms with E-state index in [-0.39, 0.29) is 11.6 Å². The Morgan fingerprint density at radius 2 is 2.25 bits per heavy atom. The number of aromatic nitrogens is 2. The highest BCUT2D eigenvalue weighted by molar-refractivity contribution is 6.44. The number of amides is 1. The van der Waals surface area contributed by atoms with E-state index in [0.717, 1.165) is 13.0 Å². The number of rotatable bonds is 2. The summed E-state index contributed by atoms with van der Waals surface area (Å²) in [6.07, 6.45) is 0.885. The maximum atomic E-state index is 12.2. The molecule has 1 aromatic heterocycles. The van der Waals surface area contributed by atoms with E-state index < -0.39 is 0 Å². The second kappa shape index (κ2) is 5.34. The zero-order chi connectivity index (χ0) is 14.1. The first-order valence-electron chi connectivity index (χ1n) is 6.11. The Morgan fingerprint density at radius 1 is 1.40 bits per heavy atom. The van der Waals surface area contributed by atoms with E-state index in [2.05, 4.69) is 10.4 Å². The van der Waals surface area contributed by atoms with Crippen LogP contribution >= 0.6 is 23.2 Å². The predicted molar refractivity (Wildman–Crippen MR) is 76.8 cm³/mol. The molecule has 0 atom stereocenters. The molecular formula is C13H11Cl2N3O2. The third kappa shape index (κ3) is 2.46. The molecule has 3 rings (SSSR count). The minimum absolute atomic E-state index is 0.290. The normalized spacial score (nSPS) is 13.5. The van der Waals surface area contributed by atoms with Crippen molar-refractivity contribution < 1.29 is 9.53 Å². The van der Waals surface area contributed by atoms with Gasteiger partial charge in [0.2, 0.25) is 5.88 Å². The molecule has 1 aliphatic heterocycles. The summed E-state index contributed by atoms with van der Waals surface area (Å²) in [7, 11) is 0. The van der Waals surface area contributed by atoms with Crippen molar-refractivity contribution in [3.05, 3.63) is 40.0 Å². The minimum Gasteiger partial charge on any atom is -0.478 e. The lowest BCUT2D eigenvalue weighted by atomic mass is 10.3. The van der Waals surface area contributed by atoms with Crippen molar-refractivity contribution in [2.24, 2.45) is 0 Å². The number of nitrogens with zero attached hydrogens (tertiary/aromatic N) is 2. The van der Waals surface area contributed by atoms with Crippen LogP contribution in [0.15, 0.2) is 24.3 Å². The second-order valence-electron chi connectivity index (χ2n) is 4.35. The van der Waals surface area contributed by atoms with E-state index in [4.69, 9.17) is 27.9 Å². The molecule has 20 heavy (non-hydrogen) atoms. The number of ether oxygens (including phenoxy) is 1. The number of hydrogen-bond donors (Lipinski definition) is 1.